The van der Waals surface area contributed by atoms with Gasteiger partial charge in [0, 0.05) is 41.4 Å². The minimum atomic E-state index is 0. The zero-order valence-electron chi connectivity index (χ0n) is 9.11. The van der Waals surface area contributed by atoms with Crippen LogP contribution in [0.2, 0.25) is 0 Å². The second-order valence-corrected chi connectivity index (χ2v) is 2.59. The molecular formula is C9H22NO3Ti-. The molecule has 0 saturated heterocycles. The molecule has 0 radical (unpaired) electrons. The summed E-state index contributed by atoms with van der Waals surface area (Å²) < 4.78 is 0. The predicted molar refractivity (Wildman–Crippen MR) is 53.3 cm³/mol. The van der Waals surface area contributed by atoms with Crippen molar-refractivity contribution in [3.05, 3.63) is 6.42 Å². The summed E-state index contributed by atoms with van der Waals surface area (Å²) in [7, 11) is 0. The van der Waals surface area contributed by atoms with Crippen LogP contribution in [0.5, 0.6) is 0 Å². The molecule has 0 aromatic rings. The van der Waals surface area contributed by atoms with E-state index in [4.69, 9.17) is 15.3 Å². The molecule has 0 fully saturated rings. The van der Waals surface area contributed by atoms with Gasteiger partial charge in [0.25, 0.3) is 0 Å². The first-order chi connectivity index (χ1) is 6.26. The van der Waals surface area contributed by atoms with Gasteiger partial charge in [-0.2, -0.15) is 13.8 Å². The smallest absolute Gasteiger partial charge is 0.0558 e. The molecular weight excluding hydrogens is 218 g/mol. The minimum absolute atomic E-state index is 0. The SMILES string of the molecule is C[CH-]C.OCCN(CCO)CCO.[Ti]. The molecule has 5 heteroatoms. The monoisotopic (exact) mass is 240 g/mol. The van der Waals surface area contributed by atoms with Gasteiger partial charge >= 0.3 is 0 Å². The first kappa shape index (κ1) is 20.0. The van der Waals surface area contributed by atoms with Crippen molar-refractivity contribution in [3.63, 3.8) is 0 Å². The largest absolute Gasteiger partial charge is 0.395 e. The van der Waals surface area contributed by atoms with Crippen LogP contribution in [-0.4, -0.2) is 59.7 Å². The van der Waals surface area contributed by atoms with Crippen LogP contribution in [0.15, 0.2) is 0 Å². The maximum Gasteiger partial charge on any atom is 0.0558 e. The van der Waals surface area contributed by atoms with E-state index < -0.39 is 0 Å². The molecule has 0 aromatic carbocycles. The van der Waals surface area contributed by atoms with E-state index in [9.17, 15) is 0 Å². The summed E-state index contributed by atoms with van der Waals surface area (Å²) in [6.07, 6.45) is 2.00. The third-order valence-corrected chi connectivity index (χ3v) is 1.25. The fourth-order valence-electron chi connectivity index (χ4n) is 0.760. The van der Waals surface area contributed by atoms with Gasteiger partial charge in [-0.25, -0.2) is 0 Å². The number of rotatable bonds is 6. The normalized spacial score (nSPS) is 9.00. The predicted octanol–water partition coefficient (Wildman–Crippen LogP) is -0.507. The van der Waals surface area contributed by atoms with Gasteiger partial charge in [-0.05, 0) is 0 Å². The van der Waals surface area contributed by atoms with Crippen molar-refractivity contribution in [1.29, 1.82) is 0 Å². The summed E-state index contributed by atoms with van der Waals surface area (Å²) in [5.41, 5.74) is 0. The first-order valence-electron chi connectivity index (χ1n) is 4.55. The number of hydrogen-bond acceptors (Lipinski definition) is 4. The molecule has 0 amide bonds. The average molecular weight is 240 g/mol. The van der Waals surface area contributed by atoms with E-state index in [-0.39, 0.29) is 41.5 Å². The van der Waals surface area contributed by atoms with Crippen LogP contribution in [0.1, 0.15) is 13.8 Å². The topological polar surface area (TPSA) is 63.9 Å². The zero-order chi connectivity index (χ0) is 10.5. The molecule has 0 unspecified atom stereocenters. The fraction of sp³-hybridized carbons (Fsp3) is 0.889. The van der Waals surface area contributed by atoms with Gasteiger partial charge in [-0.1, -0.05) is 0 Å². The Hall–Kier alpha value is 0.554. The van der Waals surface area contributed by atoms with Gasteiger partial charge in [0.2, 0.25) is 0 Å². The fourth-order valence-corrected chi connectivity index (χ4v) is 0.760. The van der Waals surface area contributed by atoms with Gasteiger partial charge < -0.3 is 21.7 Å². The number of aliphatic hydroxyl groups is 3. The Morgan fingerprint density at radius 3 is 1.21 bits per heavy atom. The van der Waals surface area contributed by atoms with E-state index in [0.29, 0.717) is 19.6 Å². The Morgan fingerprint density at radius 1 is 0.857 bits per heavy atom. The van der Waals surface area contributed by atoms with Gasteiger partial charge in [0.1, 0.15) is 0 Å². The van der Waals surface area contributed by atoms with E-state index in [2.05, 4.69) is 0 Å². The van der Waals surface area contributed by atoms with Crippen LogP contribution in [0, 0.1) is 6.42 Å². The maximum absolute atomic E-state index is 8.48. The molecule has 0 heterocycles. The summed E-state index contributed by atoms with van der Waals surface area (Å²) in [5, 5.41) is 25.5. The van der Waals surface area contributed by atoms with Crippen molar-refractivity contribution in [2.75, 3.05) is 39.5 Å². The standard InChI is InChI=1S/C6H15NO3.C3H7.Ti/c8-4-1-7(2-5-9)3-6-10;1-3-2;/h8-10H,1-6H2;3H,1-2H3;/q;-1;. The average Bonchev–Trinajstić information content (AvgIpc) is 2.07. The van der Waals surface area contributed by atoms with Crippen LogP contribution in [-0.2, 0) is 21.7 Å². The third-order valence-electron chi connectivity index (χ3n) is 1.25. The third kappa shape index (κ3) is 18.4. The quantitative estimate of drug-likeness (QED) is 0.432. The zero-order valence-corrected chi connectivity index (χ0v) is 10.7. The van der Waals surface area contributed by atoms with Crippen LogP contribution in [0.4, 0.5) is 0 Å². The number of aliphatic hydroxyl groups excluding tert-OH is 3. The second-order valence-electron chi connectivity index (χ2n) is 2.59. The van der Waals surface area contributed by atoms with Crippen LogP contribution >= 0.6 is 0 Å². The Morgan fingerprint density at radius 2 is 1.07 bits per heavy atom. The molecule has 0 saturated carbocycles. The molecule has 4 nitrogen and oxygen atoms in total. The molecule has 0 aliphatic rings. The summed E-state index contributed by atoms with van der Waals surface area (Å²) in [5.74, 6) is 0. The molecule has 14 heavy (non-hydrogen) atoms. The van der Waals surface area contributed by atoms with Crippen LogP contribution in [0.25, 0.3) is 0 Å². The minimum Gasteiger partial charge on any atom is -0.395 e. The molecule has 0 rings (SSSR count). The molecule has 86 valence electrons. The summed E-state index contributed by atoms with van der Waals surface area (Å²) in [6, 6.07) is 0. The molecule has 0 atom stereocenters. The van der Waals surface area contributed by atoms with E-state index >= 15 is 0 Å². The maximum atomic E-state index is 8.48. The Kier molecular flexibility index (Phi) is 27.4. The van der Waals surface area contributed by atoms with Crippen molar-refractivity contribution in [1.82, 2.24) is 4.90 Å². The van der Waals surface area contributed by atoms with Crippen molar-refractivity contribution in [2.45, 2.75) is 13.8 Å². The molecule has 0 bridgehead atoms. The van der Waals surface area contributed by atoms with E-state index in [1.165, 1.54) is 0 Å². The van der Waals surface area contributed by atoms with E-state index in [1.54, 1.807) is 4.90 Å². The van der Waals surface area contributed by atoms with Crippen LogP contribution < -0.4 is 0 Å². The van der Waals surface area contributed by atoms with Gasteiger partial charge in [-0.3, -0.25) is 4.90 Å². The molecule has 0 aliphatic carbocycles. The van der Waals surface area contributed by atoms with Crippen molar-refractivity contribution in [2.24, 2.45) is 0 Å². The molecule has 0 spiro atoms. The second kappa shape index (κ2) is 19.2. The Balaban J connectivity index is -0.000000267. The van der Waals surface area contributed by atoms with Crippen LogP contribution in [0.3, 0.4) is 0 Å². The number of hydrogen-bond donors (Lipinski definition) is 3. The van der Waals surface area contributed by atoms with Gasteiger partial charge in [-0.15, -0.1) is 0 Å². The van der Waals surface area contributed by atoms with Crippen molar-refractivity contribution < 1.29 is 37.0 Å². The molecule has 0 aromatic heterocycles. The Bertz CT molecular complexity index is 72.2. The van der Waals surface area contributed by atoms with E-state index in [0.717, 1.165) is 0 Å². The van der Waals surface area contributed by atoms with E-state index in [1.807, 2.05) is 20.3 Å². The summed E-state index contributed by atoms with van der Waals surface area (Å²) in [6.45, 7) is 5.75. The van der Waals surface area contributed by atoms with Crippen molar-refractivity contribution >= 4 is 0 Å². The molecule has 3 N–H and O–H groups in total. The van der Waals surface area contributed by atoms with Gasteiger partial charge in [0.15, 0.2) is 0 Å². The first-order valence-corrected chi connectivity index (χ1v) is 4.55. The summed E-state index contributed by atoms with van der Waals surface area (Å²) in [4.78, 5) is 1.79. The Labute approximate surface area is 102 Å². The summed E-state index contributed by atoms with van der Waals surface area (Å²) >= 11 is 0. The molecule has 0 aliphatic heterocycles. The van der Waals surface area contributed by atoms with Gasteiger partial charge in [0.05, 0.1) is 19.8 Å². The van der Waals surface area contributed by atoms with Crippen molar-refractivity contribution in [3.8, 4) is 0 Å². The number of nitrogens with zero attached hydrogens (tertiary/aromatic N) is 1.